The minimum Gasteiger partial charge on any atom is -0.365 e. The molecule has 0 amide bonds. The van der Waals surface area contributed by atoms with E-state index in [0.717, 1.165) is 0 Å². The van der Waals surface area contributed by atoms with E-state index in [1.807, 2.05) is 0 Å². The smallest absolute Gasteiger partial charge is 0.365 e. The van der Waals surface area contributed by atoms with Crippen molar-refractivity contribution in [1.82, 2.24) is 5.32 Å². The number of hydrogen-bond donors (Lipinski definition) is 1. The van der Waals surface area contributed by atoms with Crippen LogP contribution in [0.15, 0.2) is 0 Å². The highest BCUT2D eigenvalue weighted by Crippen LogP contribution is 2.23. The van der Waals surface area contributed by atoms with E-state index in [2.05, 4.69) is 10.1 Å². The predicted octanol–water partition coefficient (Wildman–Crippen LogP) is 0.105. The third kappa shape index (κ3) is 2.18. The van der Waals surface area contributed by atoms with Crippen LogP contribution in [0.4, 0.5) is 13.2 Å². The third-order valence-electron chi connectivity index (χ3n) is 1.57. The van der Waals surface area contributed by atoms with Crippen molar-refractivity contribution in [3.63, 3.8) is 0 Å². The zero-order valence-electron chi connectivity index (χ0n) is 6.10. The number of aldehydes is 1. The number of hydrogen-bond acceptors (Lipinski definition) is 3. The Balaban J connectivity index is 2.41. The van der Waals surface area contributed by atoms with E-state index >= 15 is 0 Å². The van der Waals surface area contributed by atoms with Crippen LogP contribution < -0.4 is 5.32 Å². The summed E-state index contributed by atoms with van der Waals surface area (Å²) in [6.07, 6.45) is -5.60. The van der Waals surface area contributed by atoms with Crippen molar-refractivity contribution < 1.29 is 22.7 Å². The molecule has 1 aliphatic heterocycles. The van der Waals surface area contributed by atoms with Gasteiger partial charge in [-0.3, -0.25) is 0 Å². The molecule has 2 unspecified atom stereocenters. The molecule has 0 aromatic heterocycles. The Bertz CT molecular complexity index is 163. The van der Waals surface area contributed by atoms with Gasteiger partial charge < -0.3 is 14.8 Å². The summed E-state index contributed by atoms with van der Waals surface area (Å²) in [4.78, 5) is 10.1. The highest BCUT2D eigenvalue weighted by atomic mass is 19.4. The molecule has 1 N–H and O–H groups in total. The van der Waals surface area contributed by atoms with Crippen LogP contribution in [-0.4, -0.2) is 37.8 Å². The van der Waals surface area contributed by atoms with Gasteiger partial charge in [-0.05, 0) is 0 Å². The first-order chi connectivity index (χ1) is 5.54. The Morgan fingerprint density at radius 3 is 2.50 bits per heavy atom. The van der Waals surface area contributed by atoms with E-state index < -0.39 is 18.3 Å². The van der Waals surface area contributed by atoms with Gasteiger partial charge in [-0.2, -0.15) is 13.2 Å². The van der Waals surface area contributed by atoms with Crippen LogP contribution in [0.5, 0.6) is 0 Å². The first kappa shape index (κ1) is 9.47. The van der Waals surface area contributed by atoms with Crippen LogP contribution in [0.25, 0.3) is 0 Å². The van der Waals surface area contributed by atoms with Crippen LogP contribution in [0.3, 0.4) is 0 Å². The second kappa shape index (κ2) is 3.40. The first-order valence-electron chi connectivity index (χ1n) is 3.41. The van der Waals surface area contributed by atoms with E-state index in [9.17, 15) is 18.0 Å². The molecule has 6 heteroatoms. The molecule has 3 nitrogen and oxygen atoms in total. The molecule has 12 heavy (non-hydrogen) atoms. The zero-order chi connectivity index (χ0) is 9.19. The average molecular weight is 183 g/mol. The number of carbonyl (C=O) groups is 1. The van der Waals surface area contributed by atoms with Gasteiger partial charge in [0.2, 0.25) is 0 Å². The van der Waals surface area contributed by atoms with Crippen molar-refractivity contribution in [2.24, 2.45) is 0 Å². The van der Waals surface area contributed by atoms with Crippen LogP contribution in [0.2, 0.25) is 0 Å². The summed E-state index contributed by atoms with van der Waals surface area (Å²) in [7, 11) is 0. The van der Waals surface area contributed by atoms with Gasteiger partial charge in [0.15, 0.2) is 6.10 Å². The molecule has 0 bridgehead atoms. The maximum absolute atomic E-state index is 11.9. The molecule has 0 spiro atoms. The van der Waals surface area contributed by atoms with Crippen molar-refractivity contribution in [3.8, 4) is 0 Å². The molecule has 1 aliphatic rings. The fourth-order valence-corrected chi connectivity index (χ4v) is 0.894. The Morgan fingerprint density at radius 1 is 1.50 bits per heavy atom. The number of ether oxygens (including phenoxy) is 1. The quantitative estimate of drug-likeness (QED) is 0.586. The van der Waals surface area contributed by atoms with Gasteiger partial charge >= 0.3 is 6.18 Å². The molecule has 1 heterocycles. The zero-order valence-corrected chi connectivity index (χ0v) is 6.10. The van der Waals surface area contributed by atoms with Crippen LogP contribution in [0.1, 0.15) is 0 Å². The fraction of sp³-hybridized carbons (Fsp3) is 0.833. The lowest BCUT2D eigenvalue weighted by molar-refractivity contribution is -0.227. The van der Waals surface area contributed by atoms with Crippen LogP contribution in [0, 0.1) is 0 Å². The lowest BCUT2D eigenvalue weighted by atomic mass is 10.2. The molecule has 0 saturated carbocycles. The normalized spacial score (nSPS) is 31.6. The van der Waals surface area contributed by atoms with E-state index in [1.54, 1.807) is 0 Å². The van der Waals surface area contributed by atoms with Gasteiger partial charge in [-0.25, -0.2) is 0 Å². The van der Waals surface area contributed by atoms with E-state index in [-0.39, 0.29) is 13.2 Å². The SMILES string of the molecule is O=CC1COC(C(F)(F)F)CN1. The summed E-state index contributed by atoms with van der Waals surface area (Å²) >= 11 is 0. The highest BCUT2D eigenvalue weighted by molar-refractivity contribution is 5.57. The third-order valence-corrected chi connectivity index (χ3v) is 1.57. The molecular weight excluding hydrogens is 175 g/mol. The number of carbonyl (C=O) groups excluding carboxylic acids is 1. The number of halogens is 3. The van der Waals surface area contributed by atoms with E-state index in [1.165, 1.54) is 0 Å². The maximum atomic E-state index is 11.9. The van der Waals surface area contributed by atoms with Gasteiger partial charge in [0.25, 0.3) is 0 Å². The van der Waals surface area contributed by atoms with Crippen molar-refractivity contribution in [1.29, 1.82) is 0 Å². The Labute approximate surface area is 66.9 Å². The Hall–Kier alpha value is -0.620. The molecule has 0 radical (unpaired) electrons. The van der Waals surface area contributed by atoms with Gasteiger partial charge in [-0.1, -0.05) is 0 Å². The standard InChI is InChI=1S/C6H8F3NO2/c7-6(8,9)5-1-10-4(2-11)3-12-5/h2,4-5,10H,1,3H2. The fourth-order valence-electron chi connectivity index (χ4n) is 0.894. The monoisotopic (exact) mass is 183 g/mol. The summed E-state index contributed by atoms with van der Waals surface area (Å²) in [5.74, 6) is 0. The summed E-state index contributed by atoms with van der Waals surface area (Å²) in [5.41, 5.74) is 0. The number of alkyl halides is 3. The summed E-state index contributed by atoms with van der Waals surface area (Å²) in [6, 6.07) is -0.608. The Kier molecular flexibility index (Phi) is 2.69. The molecule has 0 aliphatic carbocycles. The van der Waals surface area contributed by atoms with Crippen molar-refractivity contribution in [2.45, 2.75) is 18.3 Å². The topological polar surface area (TPSA) is 38.3 Å². The molecule has 0 aromatic rings. The maximum Gasteiger partial charge on any atom is 0.415 e. The lowest BCUT2D eigenvalue weighted by Gasteiger charge is -2.28. The minimum absolute atomic E-state index is 0.215. The van der Waals surface area contributed by atoms with Gasteiger partial charge in [0.05, 0.1) is 12.6 Å². The molecule has 1 rings (SSSR count). The number of rotatable bonds is 1. The second-order valence-corrected chi connectivity index (χ2v) is 2.51. The highest BCUT2D eigenvalue weighted by Gasteiger charge is 2.42. The Morgan fingerprint density at radius 2 is 2.17 bits per heavy atom. The van der Waals surface area contributed by atoms with Crippen LogP contribution in [-0.2, 0) is 9.53 Å². The number of nitrogens with one attached hydrogen (secondary N) is 1. The van der Waals surface area contributed by atoms with E-state index in [0.29, 0.717) is 6.29 Å². The van der Waals surface area contributed by atoms with Gasteiger partial charge in [0, 0.05) is 6.54 Å². The number of morpholine rings is 1. The minimum atomic E-state index is -4.35. The summed E-state index contributed by atoms with van der Waals surface area (Å²) < 4.78 is 40.2. The molecule has 1 fully saturated rings. The van der Waals surface area contributed by atoms with Gasteiger partial charge in [0.1, 0.15) is 6.29 Å². The molecule has 70 valence electrons. The van der Waals surface area contributed by atoms with Crippen molar-refractivity contribution in [2.75, 3.05) is 13.2 Å². The van der Waals surface area contributed by atoms with Crippen molar-refractivity contribution >= 4 is 6.29 Å². The average Bonchev–Trinajstić information content (AvgIpc) is 2.03. The van der Waals surface area contributed by atoms with Crippen molar-refractivity contribution in [3.05, 3.63) is 0 Å². The largest absolute Gasteiger partial charge is 0.415 e. The first-order valence-corrected chi connectivity index (χ1v) is 3.41. The molecule has 2 atom stereocenters. The van der Waals surface area contributed by atoms with Crippen LogP contribution >= 0.6 is 0 Å². The predicted molar refractivity (Wildman–Crippen MR) is 33.6 cm³/mol. The summed E-state index contributed by atoms with van der Waals surface area (Å²) in [5, 5.41) is 2.41. The second-order valence-electron chi connectivity index (χ2n) is 2.51. The molecule has 1 saturated heterocycles. The molecular formula is C6H8F3NO2. The molecule has 0 aromatic carbocycles. The lowest BCUT2D eigenvalue weighted by Crippen LogP contribution is -2.52. The summed E-state index contributed by atoms with van der Waals surface area (Å²) in [6.45, 7) is -0.569. The van der Waals surface area contributed by atoms with Gasteiger partial charge in [-0.15, -0.1) is 0 Å². The van der Waals surface area contributed by atoms with E-state index in [4.69, 9.17) is 0 Å².